The van der Waals surface area contributed by atoms with E-state index in [-0.39, 0.29) is 23.9 Å². The quantitative estimate of drug-likeness (QED) is 0.895. The monoisotopic (exact) mass is 282 g/mol. The van der Waals surface area contributed by atoms with Crippen molar-refractivity contribution in [2.24, 2.45) is 5.92 Å². The first kappa shape index (κ1) is 16.0. The summed E-state index contributed by atoms with van der Waals surface area (Å²) in [6, 6.07) is 5.96. The van der Waals surface area contributed by atoms with E-state index in [0.717, 1.165) is 24.2 Å². The molecule has 0 atom stereocenters. The van der Waals surface area contributed by atoms with Crippen LogP contribution in [0.15, 0.2) is 18.2 Å². The van der Waals surface area contributed by atoms with Crippen LogP contribution in [0, 0.1) is 5.92 Å². The van der Waals surface area contributed by atoms with Gasteiger partial charge in [-0.2, -0.15) is 0 Å². The Labute approximate surface area is 121 Å². The highest BCUT2D eigenvalue weighted by atomic mass is 35.5. The zero-order valence-corrected chi connectivity index (χ0v) is 12.9. The van der Waals surface area contributed by atoms with Gasteiger partial charge in [-0.1, -0.05) is 26.0 Å². The van der Waals surface area contributed by atoms with Gasteiger partial charge in [0.15, 0.2) is 0 Å². The van der Waals surface area contributed by atoms with Crippen molar-refractivity contribution in [1.82, 2.24) is 10.6 Å². The van der Waals surface area contributed by atoms with Crippen LogP contribution in [0.1, 0.15) is 49.2 Å². The van der Waals surface area contributed by atoms with E-state index in [0.29, 0.717) is 5.92 Å². The standard InChI is InChI=1S/C15H22N2O.ClH/c1-10(2)15(3,4)17-14(18)12-7-5-6-11-8-16-9-13(11)12;/h5-7,10,16H,8-9H2,1-4H3,(H,17,18);1H. The van der Waals surface area contributed by atoms with Crippen LogP contribution in [-0.4, -0.2) is 11.4 Å². The molecular formula is C15H23ClN2O. The molecule has 0 unspecified atom stereocenters. The van der Waals surface area contributed by atoms with E-state index >= 15 is 0 Å². The highest BCUT2D eigenvalue weighted by Crippen LogP contribution is 2.22. The summed E-state index contributed by atoms with van der Waals surface area (Å²) in [5.41, 5.74) is 3.01. The zero-order chi connectivity index (χ0) is 13.3. The summed E-state index contributed by atoms with van der Waals surface area (Å²) in [4.78, 5) is 12.4. The summed E-state index contributed by atoms with van der Waals surface area (Å²) >= 11 is 0. The first-order valence-corrected chi connectivity index (χ1v) is 6.56. The molecule has 19 heavy (non-hydrogen) atoms. The summed E-state index contributed by atoms with van der Waals surface area (Å²) in [6.07, 6.45) is 0. The Morgan fingerprint density at radius 3 is 2.63 bits per heavy atom. The number of benzene rings is 1. The summed E-state index contributed by atoms with van der Waals surface area (Å²) in [7, 11) is 0. The second-order valence-corrected chi connectivity index (χ2v) is 5.88. The SMILES string of the molecule is CC(C)C(C)(C)NC(=O)c1cccc2c1CNC2.Cl. The van der Waals surface area contributed by atoms with Crippen LogP contribution >= 0.6 is 12.4 Å². The van der Waals surface area contributed by atoms with Gasteiger partial charge in [-0.15, -0.1) is 12.4 Å². The molecule has 0 saturated heterocycles. The highest BCUT2D eigenvalue weighted by molar-refractivity contribution is 5.96. The van der Waals surface area contributed by atoms with Gasteiger partial charge in [0.05, 0.1) is 0 Å². The van der Waals surface area contributed by atoms with Crippen molar-refractivity contribution in [3.05, 3.63) is 34.9 Å². The van der Waals surface area contributed by atoms with Gasteiger partial charge in [-0.05, 0) is 37.0 Å². The summed E-state index contributed by atoms with van der Waals surface area (Å²) in [5, 5.41) is 6.42. The van der Waals surface area contributed by atoms with Crippen molar-refractivity contribution in [3.63, 3.8) is 0 Å². The van der Waals surface area contributed by atoms with E-state index in [1.807, 2.05) is 12.1 Å². The molecule has 1 heterocycles. The Hall–Kier alpha value is -1.06. The number of nitrogens with one attached hydrogen (secondary N) is 2. The van der Waals surface area contributed by atoms with Crippen LogP contribution in [0.2, 0.25) is 0 Å². The molecule has 0 aromatic heterocycles. The van der Waals surface area contributed by atoms with Crippen LogP contribution in [0.5, 0.6) is 0 Å². The van der Waals surface area contributed by atoms with E-state index in [2.05, 4.69) is 44.4 Å². The molecule has 1 aromatic carbocycles. The van der Waals surface area contributed by atoms with Crippen molar-refractivity contribution in [2.75, 3.05) is 0 Å². The Morgan fingerprint density at radius 2 is 2.00 bits per heavy atom. The number of hydrogen-bond acceptors (Lipinski definition) is 2. The summed E-state index contributed by atoms with van der Waals surface area (Å²) < 4.78 is 0. The normalized spacial score (nSPS) is 13.9. The molecule has 0 spiro atoms. The van der Waals surface area contributed by atoms with Crippen LogP contribution in [0.3, 0.4) is 0 Å². The Morgan fingerprint density at radius 1 is 1.32 bits per heavy atom. The number of amides is 1. The smallest absolute Gasteiger partial charge is 0.252 e. The van der Waals surface area contributed by atoms with Crippen LogP contribution in [0.4, 0.5) is 0 Å². The highest BCUT2D eigenvalue weighted by Gasteiger charge is 2.26. The number of carbonyl (C=O) groups excluding carboxylic acids is 1. The van der Waals surface area contributed by atoms with Gasteiger partial charge < -0.3 is 10.6 Å². The summed E-state index contributed by atoms with van der Waals surface area (Å²) in [5.74, 6) is 0.436. The second-order valence-electron chi connectivity index (χ2n) is 5.88. The second kappa shape index (κ2) is 5.93. The third-order valence-electron chi connectivity index (χ3n) is 4.01. The number of halogens is 1. The predicted molar refractivity (Wildman–Crippen MR) is 80.6 cm³/mol. The molecule has 106 valence electrons. The van der Waals surface area contributed by atoms with Crippen LogP contribution in [0.25, 0.3) is 0 Å². The lowest BCUT2D eigenvalue weighted by atomic mass is 9.90. The Bertz CT molecular complexity index is 469. The number of rotatable bonds is 3. The maximum absolute atomic E-state index is 12.4. The predicted octanol–water partition coefficient (Wildman–Crippen LogP) is 2.88. The van der Waals surface area contributed by atoms with Crippen molar-refractivity contribution in [2.45, 2.75) is 46.3 Å². The minimum atomic E-state index is -0.189. The molecule has 1 aromatic rings. The number of carbonyl (C=O) groups is 1. The minimum Gasteiger partial charge on any atom is -0.347 e. The Kier molecular flexibility index (Phi) is 4.99. The first-order valence-electron chi connectivity index (χ1n) is 6.56. The van der Waals surface area contributed by atoms with Gasteiger partial charge in [0.1, 0.15) is 0 Å². The molecule has 1 aliphatic rings. The molecule has 3 nitrogen and oxygen atoms in total. The van der Waals surface area contributed by atoms with Crippen molar-refractivity contribution < 1.29 is 4.79 Å². The molecule has 4 heteroatoms. The lowest BCUT2D eigenvalue weighted by Gasteiger charge is -2.30. The van der Waals surface area contributed by atoms with E-state index in [4.69, 9.17) is 0 Å². The molecule has 0 fully saturated rings. The molecule has 1 aliphatic heterocycles. The van der Waals surface area contributed by atoms with E-state index in [9.17, 15) is 4.79 Å². The molecular weight excluding hydrogens is 260 g/mol. The van der Waals surface area contributed by atoms with E-state index in [1.54, 1.807) is 0 Å². The zero-order valence-electron chi connectivity index (χ0n) is 12.0. The molecule has 1 amide bonds. The Balaban J connectivity index is 0.00000180. The largest absolute Gasteiger partial charge is 0.347 e. The summed E-state index contributed by atoms with van der Waals surface area (Å²) in [6.45, 7) is 10.0. The molecule has 0 aliphatic carbocycles. The van der Waals surface area contributed by atoms with E-state index in [1.165, 1.54) is 5.56 Å². The van der Waals surface area contributed by atoms with Crippen LogP contribution < -0.4 is 10.6 Å². The first-order chi connectivity index (χ1) is 8.42. The maximum Gasteiger partial charge on any atom is 0.252 e. The fraction of sp³-hybridized carbons (Fsp3) is 0.533. The maximum atomic E-state index is 12.4. The van der Waals surface area contributed by atoms with Crippen molar-refractivity contribution in [3.8, 4) is 0 Å². The van der Waals surface area contributed by atoms with Gasteiger partial charge >= 0.3 is 0 Å². The van der Waals surface area contributed by atoms with E-state index < -0.39 is 0 Å². The van der Waals surface area contributed by atoms with Gasteiger partial charge in [0.25, 0.3) is 5.91 Å². The topological polar surface area (TPSA) is 41.1 Å². The molecule has 2 N–H and O–H groups in total. The average Bonchev–Trinajstić information content (AvgIpc) is 2.75. The number of hydrogen-bond donors (Lipinski definition) is 2. The molecule has 2 rings (SSSR count). The van der Waals surface area contributed by atoms with Crippen LogP contribution in [-0.2, 0) is 13.1 Å². The molecule has 0 saturated carbocycles. The third-order valence-corrected chi connectivity index (χ3v) is 4.01. The van der Waals surface area contributed by atoms with Crippen molar-refractivity contribution >= 4 is 18.3 Å². The minimum absolute atomic E-state index is 0. The lowest BCUT2D eigenvalue weighted by Crippen LogP contribution is -2.47. The van der Waals surface area contributed by atoms with Crippen molar-refractivity contribution in [1.29, 1.82) is 0 Å². The number of fused-ring (bicyclic) bond motifs is 1. The average molecular weight is 283 g/mol. The fourth-order valence-corrected chi connectivity index (χ4v) is 2.05. The molecule has 0 bridgehead atoms. The van der Waals surface area contributed by atoms with Gasteiger partial charge in [0.2, 0.25) is 0 Å². The fourth-order valence-electron chi connectivity index (χ4n) is 2.05. The molecule has 0 radical (unpaired) electrons. The third kappa shape index (κ3) is 3.28. The van der Waals surface area contributed by atoms with Gasteiger partial charge in [-0.3, -0.25) is 4.79 Å². The van der Waals surface area contributed by atoms with Gasteiger partial charge in [-0.25, -0.2) is 0 Å². The lowest BCUT2D eigenvalue weighted by molar-refractivity contribution is 0.0889. The van der Waals surface area contributed by atoms with Gasteiger partial charge in [0, 0.05) is 24.2 Å².